The molecule has 0 aliphatic heterocycles. The van der Waals surface area contributed by atoms with Gasteiger partial charge in [0.05, 0.1) is 14.7 Å². The fourth-order valence-electron chi connectivity index (χ4n) is 1.08. The first-order chi connectivity index (χ1) is 7.60. The van der Waals surface area contributed by atoms with Gasteiger partial charge in [-0.25, -0.2) is 14.2 Å². The molecule has 0 fully saturated rings. The highest BCUT2D eigenvalue weighted by Crippen LogP contribution is 2.31. The van der Waals surface area contributed by atoms with Gasteiger partial charge in [0, 0.05) is 13.1 Å². The predicted octanol–water partition coefficient (Wildman–Crippen LogP) is 2.92. The number of ether oxygens (including phenoxy) is 1. The second-order valence-corrected chi connectivity index (χ2v) is 4.70. The summed E-state index contributed by atoms with van der Waals surface area (Å²) in [6, 6.07) is 2.88. The third-order valence-electron chi connectivity index (χ3n) is 1.80. The highest BCUT2D eigenvalue weighted by Gasteiger charge is 2.11. The maximum atomic E-state index is 13.2. The van der Waals surface area contributed by atoms with Crippen LogP contribution in [0.5, 0.6) is 5.19 Å². The molecule has 1 aromatic heterocycles. The maximum Gasteiger partial charge on any atom is 0.414 e. The zero-order valence-corrected chi connectivity index (χ0v) is 10.5. The monoisotopic (exact) mass is 304 g/mol. The van der Waals surface area contributed by atoms with Crippen LogP contribution in [0.4, 0.5) is 9.18 Å². The fraction of sp³-hybridized carbons (Fsp3) is 0.111. The highest BCUT2D eigenvalue weighted by atomic mass is 79.9. The zero-order valence-electron chi connectivity index (χ0n) is 8.08. The molecule has 84 valence electrons. The van der Waals surface area contributed by atoms with E-state index in [1.54, 1.807) is 6.07 Å². The van der Waals surface area contributed by atoms with E-state index in [0.717, 1.165) is 4.70 Å². The largest absolute Gasteiger partial charge is 0.414 e. The summed E-state index contributed by atoms with van der Waals surface area (Å²) in [4.78, 5) is 14.9. The number of nitrogens with one attached hydrogen (secondary N) is 1. The summed E-state index contributed by atoms with van der Waals surface area (Å²) >= 11 is 4.25. The van der Waals surface area contributed by atoms with Crippen molar-refractivity contribution < 1.29 is 13.9 Å². The summed E-state index contributed by atoms with van der Waals surface area (Å²) in [5.41, 5.74) is 0.463. The summed E-state index contributed by atoms with van der Waals surface area (Å²) in [5.74, 6) is -0.399. The van der Waals surface area contributed by atoms with Gasteiger partial charge in [0.1, 0.15) is 5.82 Å². The van der Waals surface area contributed by atoms with Gasteiger partial charge in [0.2, 0.25) is 0 Å². The first-order valence-electron chi connectivity index (χ1n) is 4.25. The smallest absolute Gasteiger partial charge is 0.381 e. The van der Waals surface area contributed by atoms with E-state index in [1.807, 2.05) is 0 Å². The number of amides is 1. The highest BCUT2D eigenvalue weighted by molar-refractivity contribution is 9.10. The molecule has 0 atom stereocenters. The lowest BCUT2D eigenvalue weighted by molar-refractivity contribution is 0.203. The summed E-state index contributed by atoms with van der Waals surface area (Å²) in [7, 11) is 1.45. The maximum absolute atomic E-state index is 13.2. The van der Waals surface area contributed by atoms with Crippen LogP contribution in [0.1, 0.15) is 0 Å². The molecule has 0 aliphatic rings. The Kier molecular flexibility index (Phi) is 3.06. The van der Waals surface area contributed by atoms with Crippen LogP contribution < -0.4 is 10.1 Å². The van der Waals surface area contributed by atoms with Crippen LogP contribution in [-0.4, -0.2) is 18.1 Å². The first kappa shape index (κ1) is 11.3. The van der Waals surface area contributed by atoms with Crippen molar-refractivity contribution >= 4 is 43.6 Å². The van der Waals surface area contributed by atoms with Crippen LogP contribution in [0, 0.1) is 5.82 Å². The van der Waals surface area contributed by atoms with Crippen molar-refractivity contribution in [2.45, 2.75) is 0 Å². The van der Waals surface area contributed by atoms with E-state index >= 15 is 0 Å². The lowest BCUT2D eigenvalue weighted by Crippen LogP contribution is -2.21. The second-order valence-electron chi connectivity index (χ2n) is 2.85. The van der Waals surface area contributed by atoms with E-state index in [9.17, 15) is 9.18 Å². The number of carbonyl (C=O) groups is 1. The molecule has 0 aliphatic carbocycles. The van der Waals surface area contributed by atoms with E-state index in [0.29, 0.717) is 9.99 Å². The molecule has 1 N–H and O–H groups in total. The number of benzene rings is 1. The molecule has 7 heteroatoms. The molecule has 0 saturated carbocycles. The third kappa shape index (κ3) is 2.14. The quantitative estimate of drug-likeness (QED) is 0.881. The second kappa shape index (κ2) is 4.34. The van der Waals surface area contributed by atoms with E-state index in [1.165, 1.54) is 24.5 Å². The molecular weight excluding hydrogens is 299 g/mol. The molecule has 16 heavy (non-hydrogen) atoms. The van der Waals surface area contributed by atoms with E-state index < -0.39 is 11.9 Å². The van der Waals surface area contributed by atoms with E-state index in [-0.39, 0.29) is 5.19 Å². The molecule has 4 nitrogen and oxygen atoms in total. The Morgan fingerprint density at radius 3 is 3.06 bits per heavy atom. The summed E-state index contributed by atoms with van der Waals surface area (Å²) in [5, 5.41) is 2.49. The number of carbonyl (C=O) groups excluding carboxylic acids is 1. The van der Waals surface area contributed by atoms with Gasteiger partial charge in [-0.2, -0.15) is 0 Å². The van der Waals surface area contributed by atoms with Crippen LogP contribution in [0.15, 0.2) is 16.6 Å². The van der Waals surface area contributed by atoms with E-state index in [2.05, 4.69) is 26.2 Å². The molecule has 0 unspecified atom stereocenters. The van der Waals surface area contributed by atoms with Gasteiger partial charge in [-0.15, -0.1) is 0 Å². The van der Waals surface area contributed by atoms with Crippen molar-refractivity contribution in [3.05, 3.63) is 22.4 Å². The number of hydrogen-bond donors (Lipinski definition) is 1. The number of nitrogens with zero attached hydrogens (tertiary/aromatic N) is 1. The van der Waals surface area contributed by atoms with Crippen molar-refractivity contribution in [2.24, 2.45) is 0 Å². The van der Waals surface area contributed by atoms with Gasteiger partial charge in [-0.1, -0.05) is 11.3 Å². The molecule has 2 aromatic rings. The molecule has 0 saturated heterocycles. The number of rotatable bonds is 1. The van der Waals surface area contributed by atoms with Crippen LogP contribution in [0.25, 0.3) is 10.2 Å². The molecule has 1 aromatic carbocycles. The minimum Gasteiger partial charge on any atom is -0.381 e. The lowest BCUT2D eigenvalue weighted by atomic mass is 10.3. The van der Waals surface area contributed by atoms with Gasteiger partial charge < -0.3 is 10.1 Å². The number of aromatic nitrogens is 1. The van der Waals surface area contributed by atoms with Crippen molar-refractivity contribution in [1.82, 2.24) is 10.3 Å². The van der Waals surface area contributed by atoms with Crippen LogP contribution in [0.3, 0.4) is 0 Å². The zero-order chi connectivity index (χ0) is 11.7. The molecule has 0 bridgehead atoms. The fourth-order valence-corrected chi connectivity index (χ4v) is 2.41. The Hall–Kier alpha value is -1.21. The number of thiazole rings is 1. The van der Waals surface area contributed by atoms with Gasteiger partial charge in [-0.3, -0.25) is 0 Å². The van der Waals surface area contributed by atoms with Gasteiger partial charge in [0.15, 0.2) is 0 Å². The predicted molar refractivity (Wildman–Crippen MR) is 62.4 cm³/mol. The SMILES string of the molecule is CNC(=O)Oc1nc2cc(F)c(Br)cc2s1. The topological polar surface area (TPSA) is 51.2 Å². The summed E-state index contributed by atoms with van der Waals surface area (Å²) in [6.45, 7) is 0. The average Bonchev–Trinajstić information content (AvgIpc) is 2.60. The molecule has 0 radical (unpaired) electrons. The lowest BCUT2D eigenvalue weighted by Gasteiger charge is -1.95. The Balaban J connectivity index is 2.40. The Bertz CT molecular complexity index is 519. The molecule has 1 amide bonds. The number of fused-ring (bicyclic) bond motifs is 1. The average molecular weight is 305 g/mol. The van der Waals surface area contributed by atoms with Crippen molar-refractivity contribution in [3.63, 3.8) is 0 Å². The standard InChI is InChI=1S/C9H6BrFN2O2S/c1-12-8(14)15-9-13-6-3-5(11)4(10)2-7(6)16-9/h2-3H,1H3,(H,12,14). The Morgan fingerprint density at radius 1 is 1.62 bits per heavy atom. The third-order valence-corrected chi connectivity index (χ3v) is 3.30. The summed E-state index contributed by atoms with van der Waals surface area (Å²) in [6.07, 6.45) is -0.599. The molecule has 2 rings (SSSR count). The summed E-state index contributed by atoms with van der Waals surface area (Å²) < 4.78 is 19.1. The minimum atomic E-state index is -0.599. The first-order valence-corrected chi connectivity index (χ1v) is 5.86. The molecule has 1 heterocycles. The van der Waals surface area contributed by atoms with E-state index in [4.69, 9.17) is 4.74 Å². The van der Waals surface area contributed by atoms with Crippen LogP contribution in [0.2, 0.25) is 0 Å². The van der Waals surface area contributed by atoms with Crippen molar-refractivity contribution in [2.75, 3.05) is 7.05 Å². The molecular formula is C9H6BrFN2O2S. The van der Waals surface area contributed by atoms with Crippen LogP contribution in [-0.2, 0) is 0 Å². The Morgan fingerprint density at radius 2 is 2.38 bits per heavy atom. The number of hydrogen-bond acceptors (Lipinski definition) is 4. The normalized spacial score (nSPS) is 10.4. The van der Waals surface area contributed by atoms with Crippen molar-refractivity contribution in [3.8, 4) is 5.19 Å². The van der Waals surface area contributed by atoms with Crippen LogP contribution >= 0.6 is 27.3 Å². The van der Waals surface area contributed by atoms with Crippen molar-refractivity contribution in [1.29, 1.82) is 0 Å². The molecule has 0 spiro atoms. The minimum absolute atomic E-state index is 0.187. The van der Waals surface area contributed by atoms with Gasteiger partial charge in [0.25, 0.3) is 5.19 Å². The van der Waals surface area contributed by atoms with Gasteiger partial charge in [-0.05, 0) is 22.0 Å². The Labute approximate surface area is 103 Å². The number of halogens is 2. The van der Waals surface area contributed by atoms with Gasteiger partial charge >= 0.3 is 6.09 Å².